The molecule has 122 valence electrons. The molecule has 2 atom stereocenters. The molecule has 2 saturated heterocycles. The zero-order valence-electron chi connectivity index (χ0n) is 14.0. The minimum atomic E-state index is 0.748. The quantitative estimate of drug-likeness (QED) is 0.812. The molecule has 1 aliphatic carbocycles. The van der Waals surface area contributed by atoms with Crippen LogP contribution in [0.3, 0.4) is 0 Å². The van der Waals surface area contributed by atoms with E-state index in [0.717, 1.165) is 18.0 Å². The summed E-state index contributed by atoms with van der Waals surface area (Å²) >= 11 is 0. The van der Waals surface area contributed by atoms with Gasteiger partial charge in [-0.3, -0.25) is 9.80 Å². The molecule has 0 aromatic heterocycles. The highest BCUT2D eigenvalue weighted by Gasteiger charge is 2.32. The number of piperazine rings is 1. The lowest BCUT2D eigenvalue weighted by molar-refractivity contribution is 0.0851. The largest absolute Gasteiger partial charge is 0.312 e. The van der Waals surface area contributed by atoms with Gasteiger partial charge in [0.1, 0.15) is 0 Å². The van der Waals surface area contributed by atoms with Crippen LogP contribution in [0.1, 0.15) is 58.3 Å². The number of fused-ring (bicyclic) bond motifs is 1. The standard InChI is InChI=1S/C18H35N3/c1-2-10-19-18(16-7-4-3-5-8-16)15-20-12-13-21-11-6-9-17(21)14-20/h16-19H,2-15H2,1H3. The molecule has 0 aromatic carbocycles. The summed E-state index contributed by atoms with van der Waals surface area (Å²) in [6, 6.07) is 1.62. The average molecular weight is 293 g/mol. The SMILES string of the molecule is CCCNC(CN1CCN2CCCC2C1)C1CCCCC1. The number of rotatable bonds is 6. The van der Waals surface area contributed by atoms with Gasteiger partial charge >= 0.3 is 0 Å². The normalized spacial score (nSPS) is 30.4. The zero-order valence-corrected chi connectivity index (χ0v) is 14.0. The van der Waals surface area contributed by atoms with E-state index in [-0.39, 0.29) is 0 Å². The Kier molecular flexibility index (Phi) is 5.96. The first-order valence-electron chi connectivity index (χ1n) is 9.56. The number of nitrogens with one attached hydrogen (secondary N) is 1. The Morgan fingerprint density at radius 2 is 1.86 bits per heavy atom. The van der Waals surface area contributed by atoms with Gasteiger partial charge in [0.25, 0.3) is 0 Å². The Balaban J connectivity index is 1.52. The first kappa shape index (κ1) is 15.8. The van der Waals surface area contributed by atoms with Crippen LogP contribution in [0.25, 0.3) is 0 Å². The fraction of sp³-hybridized carbons (Fsp3) is 1.00. The topological polar surface area (TPSA) is 18.5 Å². The molecule has 0 amide bonds. The van der Waals surface area contributed by atoms with Gasteiger partial charge in [-0.15, -0.1) is 0 Å². The maximum Gasteiger partial charge on any atom is 0.0224 e. The Labute approximate surface area is 131 Å². The Morgan fingerprint density at radius 3 is 2.67 bits per heavy atom. The summed E-state index contributed by atoms with van der Waals surface area (Å²) in [5.74, 6) is 0.937. The van der Waals surface area contributed by atoms with Crippen molar-refractivity contribution in [2.75, 3.05) is 39.3 Å². The molecular formula is C18H35N3. The van der Waals surface area contributed by atoms with E-state index in [1.807, 2.05) is 0 Å². The van der Waals surface area contributed by atoms with Crippen molar-refractivity contribution in [2.24, 2.45) is 5.92 Å². The van der Waals surface area contributed by atoms with Gasteiger partial charge in [-0.2, -0.15) is 0 Å². The Hall–Kier alpha value is -0.120. The molecule has 0 aromatic rings. The summed E-state index contributed by atoms with van der Waals surface area (Å²) in [6.07, 6.45) is 11.5. The molecule has 1 saturated carbocycles. The van der Waals surface area contributed by atoms with Crippen LogP contribution >= 0.6 is 0 Å². The highest BCUT2D eigenvalue weighted by atomic mass is 15.3. The maximum absolute atomic E-state index is 3.89. The molecule has 3 nitrogen and oxygen atoms in total. The van der Waals surface area contributed by atoms with Crippen LogP contribution in [0.5, 0.6) is 0 Å². The van der Waals surface area contributed by atoms with E-state index >= 15 is 0 Å². The number of nitrogens with zero attached hydrogens (tertiary/aromatic N) is 2. The first-order valence-corrected chi connectivity index (χ1v) is 9.56. The molecule has 3 fully saturated rings. The Morgan fingerprint density at radius 1 is 1.00 bits per heavy atom. The molecule has 0 spiro atoms. The lowest BCUT2D eigenvalue weighted by atomic mass is 9.83. The van der Waals surface area contributed by atoms with Gasteiger partial charge < -0.3 is 5.32 Å². The van der Waals surface area contributed by atoms with E-state index in [1.165, 1.54) is 90.6 Å². The molecule has 0 radical (unpaired) electrons. The van der Waals surface area contributed by atoms with Crippen molar-refractivity contribution >= 4 is 0 Å². The third kappa shape index (κ3) is 4.20. The van der Waals surface area contributed by atoms with Crippen molar-refractivity contribution in [3.05, 3.63) is 0 Å². The molecule has 21 heavy (non-hydrogen) atoms. The third-order valence-corrected chi connectivity index (χ3v) is 6.00. The molecular weight excluding hydrogens is 258 g/mol. The van der Waals surface area contributed by atoms with Crippen molar-refractivity contribution in [3.63, 3.8) is 0 Å². The summed E-state index contributed by atoms with van der Waals surface area (Å²) in [7, 11) is 0. The smallest absolute Gasteiger partial charge is 0.0224 e. The zero-order chi connectivity index (χ0) is 14.5. The predicted molar refractivity (Wildman–Crippen MR) is 89.7 cm³/mol. The monoisotopic (exact) mass is 293 g/mol. The van der Waals surface area contributed by atoms with E-state index in [0.29, 0.717) is 0 Å². The van der Waals surface area contributed by atoms with E-state index in [1.54, 1.807) is 0 Å². The van der Waals surface area contributed by atoms with Crippen LogP contribution in [0.15, 0.2) is 0 Å². The second-order valence-electron chi connectivity index (χ2n) is 7.55. The Bertz CT molecular complexity index is 301. The molecule has 2 aliphatic heterocycles. The van der Waals surface area contributed by atoms with Crippen LogP contribution in [-0.2, 0) is 0 Å². The summed E-state index contributed by atoms with van der Waals surface area (Å²) < 4.78 is 0. The number of hydrogen-bond acceptors (Lipinski definition) is 3. The van der Waals surface area contributed by atoms with Gasteiger partial charge in [-0.05, 0) is 51.1 Å². The van der Waals surface area contributed by atoms with Crippen LogP contribution in [0.4, 0.5) is 0 Å². The van der Waals surface area contributed by atoms with Gasteiger partial charge in [-0.1, -0.05) is 26.2 Å². The molecule has 3 aliphatic rings. The van der Waals surface area contributed by atoms with Crippen molar-refractivity contribution in [3.8, 4) is 0 Å². The van der Waals surface area contributed by atoms with E-state index < -0.39 is 0 Å². The molecule has 3 heteroatoms. The molecule has 2 heterocycles. The third-order valence-electron chi connectivity index (χ3n) is 6.00. The highest BCUT2D eigenvalue weighted by molar-refractivity contribution is 4.90. The second-order valence-corrected chi connectivity index (χ2v) is 7.55. The maximum atomic E-state index is 3.89. The lowest BCUT2D eigenvalue weighted by Gasteiger charge is -2.41. The second kappa shape index (κ2) is 7.94. The van der Waals surface area contributed by atoms with Gasteiger partial charge in [0.05, 0.1) is 0 Å². The fourth-order valence-electron chi connectivity index (χ4n) is 4.75. The van der Waals surface area contributed by atoms with Gasteiger partial charge in [0.2, 0.25) is 0 Å². The molecule has 0 bridgehead atoms. The lowest BCUT2D eigenvalue weighted by Crippen LogP contribution is -2.55. The van der Waals surface area contributed by atoms with Crippen molar-refractivity contribution in [1.82, 2.24) is 15.1 Å². The van der Waals surface area contributed by atoms with E-state index in [9.17, 15) is 0 Å². The molecule has 2 unspecified atom stereocenters. The van der Waals surface area contributed by atoms with Gasteiger partial charge in [-0.25, -0.2) is 0 Å². The average Bonchev–Trinajstić information content (AvgIpc) is 3.00. The van der Waals surface area contributed by atoms with Crippen LogP contribution in [0.2, 0.25) is 0 Å². The number of hydrogen-bond donors (Lipinski definition) is 1. The van der Waals surface area contributed by atoms with Crippen LogP contribution < -0.4 is 5.32 Å². The fourth-order valence-corrected chi connectivity index (χ4v) is 4.75. The van der Waals surface area contributed by atoms with Crippen LogP contribution in [0, 0.1) is 5.92 Å². The van der Waals surface area contributed by atoms with Crippen molar-refractivity contribution in [1.29, 1.82) is 0 Å². The first-order chi connectivity index (χ1) is 10.4. The van der Waals surface area contributed by atoms with E-state index in [2.05, 4.69) is 22.0 Å². The summed E-state index contributed by atoms with van der Waals surface area (Å²) in [6.45, 7) is 10.1. The van der Waals surface area contributed by atoms with Gasteiger partial charge in [0, 0.05) is 38.3 Å². The summed E-state index contributed by atoms with van der Waals surface area (Å²) in [4.78, 5) is 5.50. The van der Waals surface area contributed by atoms with E-state index in [4.69, 9.17) is 0 Å². The minimum Gasteiger partial charge on any atom is -0.312 e. The summed E-state index contributed by atoms with van der Waals surface area (Å²) in [5.41, 5.74) is 0. The predicted octanol–water partition coefficient (Wildman–Crippen LogP) is 2.71. The van der Waals surface area contributed by atoms with Crippen molar-refractivity contribution in [2.45, 2.75) is 70.4 Å². The molecule has 3 rings (SSSR count). The molecule has 1 N–H and O–H groups in total. The summed E-state index contributed by atoms with van der Waals surface area (Å²) in [5, 5.41) is 3.89. The van der Waals surface area contributed by atoms with Crippen LogP contribution in [-0.4, -0.2) is 61.2 Å². The highest BCUT2D eigenvalue weighted by Crippen LogP contribution is 2.28. The minimum absolute atomic E-state index is 0.748. The van der Waals surface area contributed by atoms with Gasteiger partial charge in [0.15, 0.2) is 0 Å². The van der Waals surface area contributed by atoms with Crippen molar-refractivity contribution < 1.29 is 0 Å².